The third-order valence-corrected chi connectivity index (χ3v) is 3.53. The van der Waals surface area contributed by atoms with E-state index in [0.29, 0.717) is 0 Å². The second-order valence-electron chi connectivity index (χ2n) is 3.36. The van der Waals surface area contributed by atoms with E-state index in [1.807, 2.05) is 0 Å². The van der Waals surface area contributed by atoms with Crippen LogP contribution in [0.25, 0.3) is 0 Å². The van der Waals surface area contributed by atoms with E-state index in [-0.39, 0.29) is 10.8 Å². The van der Waals surface area contributed by atoms with E-state index in [4.69, 9.17) is 34.8 Å². The quantitative estimate of drug-likeness (QED) is 0.426. The zero-order valence-electron chi connectivity index (χ0n) is 8.24. The summed E-state index contributed by atoms with van der Waals surface area (Å²) < 4.78 is 0. The first-order chi connectivity index (χ1) is 6.22. The number of unbranched alkanes of at least 4 members (excludes halogenated alkanes) is 2. The van der Waals surface area contributed by atoms with Gasteiger partial charge in [-0.1, -0.05) is 26.2 Å². The minimum absolute atomic E-state index is 0.122. The molecule has 2 atom stereocenters. The molecule has 0 aliphatic carbocycles. The van der Waals surface area contributed by atoms with E-state index in [0.717, 1.165) is 31.6 Å². The monoisotopic (exact) mass is 244 g/mol. The van der Waals surface area contributed by atoms with Crippen LogP contribution in [0.2, 0.25) is 0 Å². The van der Waals surface area contributed by atoms with Crippen molar-refractivity contribution >= 4 is 34.8 Å². The zero-order chi connectivity index (χ0) is 10.1. The van der Waals surface area contributed by atoms with Crippen LogP contribution in [0.3, 0.4) is 0 Å². The van der Waals surface area contributed by atoms with E-state index in [1.54, 1.807) is 0 Å². The molecular weight excluding hydrogens is 226 g/mol. The highest BCUT2D eigenvalue weighted by molar-refractivity contribution is 6.29. The normalized spacial score (nSPS) is 15.7. The number of rotatable bonds is 8. The van der Waals surface area contributed by atoms with Crippen molar-refractivity contribution in [2.75, 3.05) is 5.88 Å². The van der Waals surface area contributed by atoms with Gasteiger partial charge >= 0.3 is 0 Å². The Morgan fingerprint density at radius 2 is 1.46 bits per heavy atom. The molecule has 0 aliphatic rings. The molecule has 0 saturated heterocycles. The zero-order valence-corrected chi connectivity index (χ0v) is 10.5. The lowest BCUT2D eigenvalue weighted by Gasteiger charge is -2.15. The number of hydrogen-bond donors (Lipinski definition) is 0. The highest BCUT2D eigenvalue weighted by atomic mass is 35.5. The van der Waals surface area contributed by atoms with E-state index in [2.05, 4.69) is 6.92 Å². The number of alkyl halides is 3. The first-order valence-electron chi connectivity index (χ1n) is 5.06. The summed E-state index contributed by atoms with van der Waals surface area (Å²) in [6.07, 6.45) is 6.52. The molecule has 0 radical (unpaired) electrons. The standard InChI is InChI=1S/C10H19Cl3/c1-2-3-6-9(12)10(13)7-4-5-8-11/h9-10H,2-8H2,1H3. The summed E-state index contributed by atoms with van der Waals surface area (Å²) in [6, 6.07) is 0. The lowest BCUT2D eigenvalue weighted by Crippen LogP contribution is -2.14. The summed E-state index contributed by atoms with van der Waals surface area (Å²) in [5, 5.41) is 0.258. The third kappa shape index (κ3) is 7.90. The Morgan fingerprint density at radius 1 is 0.923 bits per heavy atom. The van der Waals surface area contributed by atoms with Crippen LogP contribution in [-0.4, -0.2) is 16.6 Å². The topological polar surface area (TPSA) is 0 Å². The highest BCUT2D eigenvalue weighted by Crippen LogP contribution is 2.21. The third-order valence-electron chi connectivity index (χ3n) is 2.09. The van der Waals surface area contributed by atoms with Crippen molar-refractivity contribution in [1.29, 1.82) is 0 Å². The van der Waals surface area contributed by atoms with Gasteiger partial charge in [0, 0.05) is 16.6 Å². The molecule has 0 N–H and O–H groups in total. The Bertz CT molecular complexity index is 106. The molecule has 13 heavy (non-hydrogen) atoms. The van der Waals surface area contributed by atoms with Crippen molar-refractivity contribution < 1.29 is 0 Å². The Balaban J connectivity index is 3.38. The Kier molecular flexibility index (Phi) is 10.1. The van der Waals surface area contributed by atoms with E-state index < -0.39 is 0 Å². The second-order valence-corrected chi connectivity index (χ2v) is 4.86. The van der Waals surface area contributed by atoms with Crippen molar-refractivity contribution in [2.24, 2.45) is 0 Å². The molecule has 0 nitrogen and oxygen atoms in total. The van der Waals surface area contributed by atoms with Crippen LogP contribution in [0.4, 0.5) is 0 Å². The molecule has 2 unspecified atom stereocenters. The van der Waals surface area contributed by atoms with Crippen molar-refractivity contribution in [3.8, 4) is 0 Å². The molecule has 0 spiro atoms. The summed E-state index contributed by atoms with van der Waals surface area (Å²) in [5.41, 5.74) is 0. The van der Waals surface area contributed by atoms with Gasteiger partial charge in [-0.15, -0.1) is 34.8 Å². The van der Waals surface area contributed by atoms with Crippen LogP contribution < -0.4 is 0 Å². The van der Waals surface area contributed by atoms with Gasteiger partial charge in [-0.3, -0.25) is 0 Å². The van der Waals surface area contributed by atoms with Gasteiger partial charge < -0.3 is 0 Å². The van der Waals surface area contributed by atoms with Crippen molar-refractivity contribution in [3.05, 3.63) is 0 Å². The van der Waals surface area contributed by atoms with E-state index >= 15 is 0 Å². The molecule has 0 amide bonds. The summed E-state index contributed by atoms with van der Waals surface area (Å²) in [6.45, 7) is 2.17. The largest absolute Gasteiger partial charge is 0.127 e. The summed E-state index contributed by atoms with van der Waals surface area (Å²) in [4.78, 5) is 0. The van der Waals surface area contributed by atoms with Crippen molar-refractivity contribution in [3.63, 3.8) is 0 Å². The molecule has 0 aromatic carbocycles. The van der Waals surface area contributed by atoms with Crippen LogP contribution >= 0.6 is 34.8 Å². The van der Waals surface area contributed by atoms with Gasteiger partial charge in [0.25, 0.3) is 0 Å². The molecule has 0 saturated carbocycles. The average Bonchev–Trinajstić information content (AvgIpc) is 2.14. The average molecular weight is 246 g/mol. The maximum absolute atomic E-state index is 6.13. The van der Waals surface area contributed by atoms with E-state index in [1.165, 1.54) is 12.8 Å². The van der Waals surface area contributed by atoms with Gasteiger partial charge in [0.05, 0.1) is 0 Å². The fraction of sp³-hybridized carbons (Fsp3) is 1.00. The molecule has 3 heteroatoms. The Hall–Kier alpha value is 0.870. The molecule has 0 bridgehead atoms. The Labute approximate surface area is 96.9 Å². The number of halogens is 3. The molecule has 0 aromatic heterocycles. The van der Waals surface area contributed by atoms with Crippen LogP contribution in [0.15, 0.2) is 0 Å². The molecule has 0 fully saturated rings. The Morgan fingerprint density at radius 3 is 1.92 bits per heavy atom. The predicted molar refractivity (Wildman–Crippen MR) is 63.4 cm³/mol. The van der Waals surface area contributed by atoms with Gasteiger partial charge in [0.2, 0.25) is 0 Å². The molecule has 0 aliphatic heterocycles. The minimum Gasteiger partial charge on any atom is -0.127 e. The van der Waals surface area contributed by atoms with Crippen molar-refractivity contribution in [2.45, 2.75) is 56.2 Å². The van der Waals surface area contributed by atoms with Crippen LogP contribution in [0.1, 0.15) is 45.4 Å². The highest BCUT2D eigenvalue weighted by Gasteiger charge is 2.15. The summed E-state index contributed by atoms with van der Waals surface area (Å²) in [7, 11) is 0. The van der Waals surface area contributed by atoms with Crippen molar-refractivity contribution in [1.82, 2.24) is 0 Å². The van der Waals surface area contributed by atoms with Gasteiger partial charge in [-0.25, -0.2) is 0 Å². The molecule has 0 aromatic rings. The molecule has 80 valence electrons. The maximum atomic E-state index is 6.13. The fourth-order valence-electron chi connectivity index (χ4n) is 1.19. The molecule has 0 rings (SSSR count). The maximum Gasteiger partial charge on any atom is 0.0499 e. The van der Waals surface area contributed by atoms with Crippen LogP contribution in [0, 0.1) is 0 Å². The summed E-state index contributed by atoms with van der Waals surface area (Å²) >= 11 is 17.8. The smallest absolute Gasteiger partial charge is 0.0499 e. The summed E-state index contributed by atoms with van der Waals surface area (Å²) in [5.74, 6) is 0.728. The van der Waals surface area contributed by atoms with Gasteiger partial charge in [0.15, 0.2) is 0 Å². The first-order valence-corrected chi connectivity index (χ1v) is 6.47. The lowest BCUT2D eigenvalue weighted by molar-refractivity contribution is 0.599. The second kappa shape index (κ2) is 9.43. The fourth-order valence-corrected chi connectivity index (χ4v) is 1.94. The van der Waals surface area contributed by atoms with E-state index in [9.17, 15) is 0 Å². The predicted octanol–water partition coefficient (Wildman–Crippen LogP) is 4.80. The van der Waals surface area contributed by atoms with Gasteiger partial charge in [-0.05, 0) is 19.3 Å². The number of hydrogen-bond acceptors (Lipinski definition) is 0. The molecular formula is C10H19Cl3. The first kappa shape index (κ1) is 13.9. The lowest BCUT2D eigenvalue weighted by atomic mass is 10.1. The molecule has 0 heterocycles. The van der Waals surface area contributed by atoms with Gasteiger partial charge in [-0.2, -0.15) is 0 Å². The van der Waals surface area contributed by atoms with Crippen LogP contribution in [0.5, 0.6) is 0 Å². The SMILES string of the molecule is CCCCC(Cl)C(Cl)CCCCCl. The van der Waals surface area contributed by atoms with Crippen LogP contribution in [-0.2, 0) is 0 Å². The minimum atomic E-state index is 0.122. The van der Waals surface area contributed by atoms with Gasteiger partial charge in [0.1, 0.15) is 0 Å².